The first-order valence-electron chi connectivity index (χ1n) is 15.5. The summed E-state index contributed by atoms with van der Waals surface area (Å²) in [6.45, 7) is 3.29. The predicted octanol–water partition coefficient (Wildman–Crippen LogP) is 4.99. The molecular weight excluding hydrogens is 556 g/mol. The number of unbranched alkanes of at least 4 members (excludes halogenated alkanes) is 5. The van der Waals surface area contributed by atoms with Crippen LogP contribution in [0.25, 0.3) is 0 Å². The van der Waals surface area contributed by atoms with Crippen LogP contribution in [-0.2, 0) is 25.8 Å². The van der Waals surface area contributed by atoms with Crippen molar-refractivity contribution in [2.75, 3.05) is 0 Å². The topological polar surface area (TPSA) is 165 Å². The van der Waals surface area contributed by atoms with Crippen LogP contribution in [0.1, 0.15) is 103 Å². The van der Waals surface area contributed by atoms with E-state index in [0.29, 0.717) is 50.5 Å². The fraction of sp³-hybridized carbons (Fsp3) is 0.656. The Morgan fingerprint density at radius 2 is 1.74 bits per heavy atom. The minimum Gasteiger partial charge on any atom is -0.425 e. The van der Waals surface area contributed by atoms with Crippen LogP contribution in [0, 0.1) is 22.0 Å². The number of nitrogens with zero attached hydrogens (tertiary/aromatic N) is 1. The van der Waals surface area contributed by atoms with Gasteiger partial charge in [-0.25, -0.2) is 4.79 Å². The van der Waals surface area contributed by atoms with Crippen molar-refractivity contribution in [2.24, 2.45) is 11.8 Å². The third kappa shape index (κ3) is 13.7. The zero-order chi connectivity index (χ0) is 31.6. The number of aliphatic hydroxyl groups excluding tert-OH is 2. The summed E-state index contributed by atoms with van der Waals surface area (Å²) < 4.78 is 5.31. The highest BCUT2D eigenvalue weighted by Gasteiger charge is 2.40. The fourth-order valence-electron chi connectivity index (χ4n) is 5.45. The maximum absolute atomic E-state index is 12.4. The van der Waals surface area contributed by atoms with Crippen LogP contribution in [0.2, 0.25) is 0 Å². The minimum absolute atomic E-state index is 0.102. The summed E-state index contributed by atoms with van der Waals surface area (Å²) in [5.74, 6) is -0.882. The number of carbonyl (C=O) groups is 3. The van der Waals surface area contributed by atoms with Gasteiger partial charge in [0.1, 0.15) is 24.2 Å². The number of Topliss-reactive ketones (excluding diaryl/α,β-unsaturated/α-hetero) is 1. The van der Waals surface area contributed by atoms with E-state index in [1.165, 1.54) is 31.9 Å². The molecule has 1 aliphatic rings. The van der Waals surface area contributed by atoms with Crippen molar-refractivity contribution in [3.05, 3.63) is 52.1 Å². The monoisotopic (exact) mass is 604 g/mol. The molecule has 2 rings (SSSR count). The molecule has 0 spiro atoms. The SMILES string of the molecule is CCCCCCCC(=O)CC[C@@H]1[C@@H](C/C=C\CCCC(=O)NC(C)C(=O)Oc2ccccc2CO[N+](=O)[O-])[C@@H](O)C[C@H]1O. The lowest BCUT2D eigenvalue weighted by molar-refractivity contribution is -0.763. The number of rotatable bonds is 21. The van der Waals surface area contributed by atoms with E-state index < -0.39 is 29.3 Å². The van der Waals surface area contributed by atoms with Gasteiger partial charge in [0.25, 0.3) is 5.09 Å². The van der Waals surface area contributed by atoms with Gasteiger partial charge in [-0.05, 0) is 63.4 Å². The van der Waals surface area contributed by atoms with Crippen molar-refractivity contribution >= 4 is 17.7 Å². The van der Waals surface area contributed by atoms with E-state index in [-0.39, 0.29) is 42.3 Å². The molecule has 0 radical (unpaired) electrons. The summed E-state index contributed by atoms with van der Waals surface area (Å²) in [6, 6.07) is 5.35. The zero-order valence-corrected chi connectivity index (χ0v) is 25.4. The average molecular weight is 605 g/mol. The van der Waals surface area contributed by atoms with E-state index in [4.69, 9.17) is 4.74 Å². The van der Waals surface area contributed by atoms with E-state index in [1.807, 2.05) is 12.2 Å². The number of amides is 1. The van der Waals surface area contributed by atoms with Crippen molar-refractivity contribution in [3.8, 4) is 5.75 Å². The molecule has 1 amide bonds. The third-order valence-corrected chi connectivity index (χ3v) is 7.93. The van der Waals surface area contributed by atoms with Crippen LogP contribution in [0.3, 0.4) is 0 Å². The van der Waals surface area contributed by atoms with Crippen LogP contribution >= 0.6 is 0 Å². The molecule has 0 heterocycles. The number of esters is 1. The Morgan fingerprint density at radius 3 is 2.49 bits per heavy atom. The molecule has 11 heteroatoms. The molecule has 1 saturated carbocycles. The first-order valence-corrected chi connectivity index (χ1v) is 15.5. The van der Waals surface area contributed by atoms with Crippen molar-refractivity contribution < 1.29 is 39.3 Å². The highest BCUT2D eigenvalue weighted by molar-refractivity contribution is 5.85. The number of para-hydroxylation sites is 1. The second-order valence-electron chi connectivity index (χ2n) is 11.4. The lowest BCUT2D eigenvalue weighted by atomic mass is 9.86. The first kappa shape index (κ1) is 35.9. The van der Waals surface area contributed by atoms with Gasteiger partial charge in [0, 0.05) is 24.8 Å². The summed E-state index contributed by atoms with van der Waals surface area (Å²) >= 11 is 0. The third-order valence-electron chi connectivity index (χ3n) is 7.93. The maximum Gasteiger partial charge on any atom is 0.333 e. The number of benzene rings is 1. The van der Waals surface area contributed by atoms with Gasteiger partial charge in [-0.1, -0.05) is 63.0 Å². The van der Waals surface area contributed by atoms with E-state index in [1.54, 1.807) is 12.1 Å². The van der Waals surface area contributed by atoms with Crippen molar-refractivity contribution in [2.45, 2.75) is 122 Å². The van der Waals surface area contributed by atoms with Crippen LogP contribution < -0.4 is 10.1 Å². The van der Waals surface area contributed by atoms with Gasteiger partial charge in [0.2, 0.25) is 5.91 Å². The molecule has 5 atom stereocenters. The number of nitrogens with one attached hydrogen (secondary N) is 1. The van der Waals surface area contributed by atoms with E-state index in [0.717, 1.165) is 19.3 Å². The van der Waals surface area contributed by atoms with Gasteiger partial charge >= 0.3 is 5.97 Å². The van der Waals surface area contributed by atoms with Crippen molar-refractivity contribution in [1.82, 2.24) is 5.32 Å². The van der Waals surface area contributed by atoms with Gasteiger partial charge in [0.15, 0.2) is 0 Å². The summed E-state index contributed by atoms with van der Waals surface area (Å²) in [5, 5.41) is 33.1. The summed E-state index contributed by atoms with van der Waals surface area (Å²) in [4.78, 5) is 51.9. The molecule has 1 unspecified atom stereocenters. The maximum atomic E-state index is 12.4. The van der Waals surface area contributed by atoms with E-state index in [2.05, 4.69) is 17.1 Å². The number of ketones is 1. The van der Waals surface area contributed by atoms with Crippen LogP contribution in [-0.4, -0.2) is 51.2 Å². The van der Waals surface area contributed by atoms with Crippen molar-refractivity contribution in [3.63, 3.8) is 0 Å². The van der Waals surface area contributed by atoms with Crippen LogP contribution in [0.5, 0.6) is 5.75 Å². The Hall–Kier alpha value is -3.31. The Balaban J connectivity index is 1.69. The molecule has 0 aliphatic heterocycles. The van der Waals surface area contributed by atoms with Crippen LogP contribution in [0.15, 0.2) is 36.4 Å². The normalized spacial score (nSPS) is 20.6. The number of carbonyl (C=O) groups excluding carboxylic acids is 3. The second kappa shape index (κ2) is 19.8. The smallest absolute Gasteiger partial charge is 0.333 e. The van der Waals surface area contributed by atoms with Crippen LogP contribution in [0.4, 0.5) is 0 Å². The molecule has 0 aromatic heterocycles. The van der Waals surface area contributed by atoms with E-state index in [9.17, 15) is 34.7 Å². The number of hydrogen-bond donors (Lipinski definition) is 3. The molecule has 0 bridgehead atoms. The standard InChI is InChI=1S/C32H48N2O9/c1-3-4-5-6-9-15-25(35)19-20-27-26(28(36)21-29(27)37)16-10-7-8-11-18-31(38)33-23(2)32(39)43-30-17-13-12-14-24(30)22-42-34(40)41/h7,10,12-14,17,23,26-29,36-37H,3-6,8-9,11,15-16,18-22H2,1-2H3,(H,33,38)/b10-7-/t23?,26-,27-,28+,29-/m1/s1. The molecule has 1 aromatic rings. The van der Waals surface area contributed by atoms with E-state index >= 15 is 0 Å². The number of hydrogen-bond acceptors (Lipinski definition) is 9. The molecule has 0 saturated heterocycles. The Morgan fingerprint density at radius 1 is 1.02 bits per heavy atom. The lowest BCUT2D eigenvalue weighted by Crippen LogP contribution is -2.40. The number of allylic oxidation sites excluding steroid dienone is 2. The first-order chi connectivity index (χ1) is 20.6. The summed E-state index contributed by atoms with van der Waals surface area (Å²) in [7, 11) is 0. The molecular formula is C32H48N2O9. The second-order valence-corrected chi connectivity index (χ2v) is 11.4. The van der Waals surface area contributed by atoms with Gasteiger partial charge < -0.3 is 25.1 Å². The Kier molecular flexibility index (Phi) is 16.5. The average Bonchev–Trinajstić information content (AvgIpc) is 3.24. The van der Waals surface area contributed by atoms with Gasteiger partial charge in [-0.15, -0.1) is 10.1 Å². The molecule has 11 nitrogen and oxygen atoms in total. The Labute approximate surface area is 254 Å². The number of aliphatic hydroxyl groups is 2. The van der Waals surface area contributed by atoms with Gasteiger partial charge in [-0.3, -0.25) is 9.59 Å². The van der Waals surface area contributed by atoms with Gasteiger partial charge in [0.05, 0.1) is 12.2 Å². The quantitative estimate of drug-likeness (QED) is 0.0438. The predicted molar refractivity (Wildman–Crippen MR) is 160 cm³/mol. The fourth-order valence-corrected chi connectivity index (χ4v) is 5.45. The molecule has 43 heavy (non-hydrogen) atoms. The molecule has 1 aliphatic carbocycles. The molecule has 1 fully saturated rings. The van der Waals surface area contributed by atoms with Crippen molar-refractivity contribution in [1.29, 1.82) is 0 Å². The molecule has 3 N–H and O–H groups in total. The molecule has 240 valence electrons. The largest absolute Gasteiger partial charge is 0.425 e. The Bertz CT molecular complexity index is 1060. The minimum atomic E-state index is -0.933. The summed E-state index contributed by atoms with van der Waals surface area (Å²) in [5.41, 5.74) is 0.325. The molecule has 1 aromatic carbocycles. The lowest BCUT2D eigenvalue weighted by Gasteiger charge is -2.22. The number of ether oxygens (including phenoxy) is 1. The van der Waals surface area contributed by atoms with Gasteiger partial charge in [-0.2, -0.15) is 0 Å². The summed E-state index contributed by atoms with van der Waals surface area (Å²) in [6.07, 6.45) is 12.1. The highest BCUT2D eigenvalue weighted by Crippen LogP contribution is 2.38. The zero-order valence-electron chi connectivity index (χ0n) is 25.4. The highest BCUT2D eigenvalue weighted by atomic mass is 16.9.